The first-order valence-electron chi connectivity index (χ1n) is 6.31. The summed E-state index contributed by atoms with van der Waals surface area (Å²) in [5.41, 5.74) is 2.93. The zero-order valence-corrected chi connectivity index (χ0v) is 12.0. The topological polar surface area (TPSA) is 51.2 Å². The van der Waals surface area contributed by atoms with Gasteiger partial charge in [-0.15, -0.1) is 0 Å². The van der Waals surface area contributed by atoms with Crippen LogP contribution in [0.4, 0.5) is 0 Å². The second-order valence-electron chi connectivity index (χ2n) is 5.46. The lowest BCUT2D eigenvalue weighted by Crippen LogP contribution is -2.36. The zero-order valence-electron chi connectivity index (χ0n) is 10.4. The molecule has 1 saturated carbocycles. The molecule has 4 heteroatoms. The quantitative estimate of drug-likeness (QED) is 0.662. The van der Waals surface area contributed by atoms with Gasteiger partial charge in [0.2, 0.25) is 0 Å². The van der Waals surface area contributed by atoms with Gasteiger partial charge in [-0.25, -0.2) is 5.43 Å². The van der Waals surface area contributed by atoms with Crippen molar-refractivity contribution >= 4 is 15.9 Å². The predicted octanol–water partition coefficient (Wildman–Crippen LogP) is 3.62. The zero-order chi connectivity index (χ0) is 12.4. The van der Waals surface area contributed by atoms with Gasteiger partial charge in [0.05, 0.1) is 6.04 Å². The third-order valence-electron chi connectivity index (χ3n) is 3.77. The number of hydrazine groups is 1. The van der Waals surface area contributed by atoms with Crippen molar-refractivity contribution < 1.29 is 4.42 Å². The van der Waals surface area contributed by atoms with Gasteiger partial charge in [-0.1, -0.05) is 13.8 Å². The van der Waals surface area contributed by atoms with Gasteiger partial charge in [-0.3, -0.25) is 5.84 Å². The van der Waals surface area contributed by atoms with Gasteiger partial charge >= 0.3 is 0 Å². The first-order valence-corrected chi connectivity index (χ1v) is 7.10. The fraction of sp³-hybridized carbons (Fsp3) is 0.692. The molecule has 3 unspecified atom stereocenters. The number of furan rings is 1. The van der Waals surface area contributed by atoms with Crippen LogP contribution in [0.3, 0.4) is 0 Å². The second-order valence-corrected chi connectivity index (χ2v) is 6.25. The molecule has 17 heavy (non-hydrogen) atoms. The maximum atomic E-state index is 5.71. The Balaban J connectivity index is 2.12. The summed E-state index contributed by atoms with van der Waals surface area (Å²) < 4.78 is 6.40. The predicted molar refractivity (Wildman–Crippen MR) is 72.1 cm³/mol. The lowest BCUT2D eigenvalue weighted by molar-refractivity contribution is 0.164. The van der Waals surface area contributed by atoms with Crippen LogP contribution in [0.5, 0.6) is 0 Å². The Morgan fingerprint density at radius 3 is 2.41 bits per heavy atom. The van der Waals surface area contributed by atoms with E-state index in [1.165, 1.54) is 19.3 Å². The monoisotopic (exact) mass is 300 g/mol. The summed E-state index contributed by atoms with van der Waals surface area (Å²) in [4.78, 5) is 0. The SMILES string of the molecule is CC1CC(C)CC(C(NN)c2ccc(Br)o2)C1. The van der Waals surface area contributed by atoms with E-state index in [4.69, 9.17) is 10.3 Å². The standard InChI is InChI=1S/C13H21BrN2O/c1-8-5-9(2)7-10(6-8)13(16-15)11-3-4-12(14)17-11/h3-4,8-10,13,16H,5-7,15H2,1-2H3. The van der Waals surface area contributed by atoms with Gasteiger partial charge in [0.25, 0.3) is 0 Å². The van der Waals surface area contributed by atoms with E-state index in [0.29, 0.717) is 5.92 Å². The molecular weight excluding hydrogens is 280 g/mol. The molecule has 1 aliphatic carbocycles. The molecule has 0 bridgehead atoms. The third kappa shape index (κ3) is 3.12. The molecule has 96 valence electrons. The highest BCUT2D eigenvalue weighted by Gasteiger charge is 2.31. The van der Waals surface area contributed by atoms with E-state index in [1.807, 2.05) is 12.1 Å². The van der Waals surface area contributed by atoms with Crippen molar-refractivity contribution in [3.8, 4) is 0 Å². The Bertz CT molecular complexity index is 356. The number of nitrogens with two attached hydrogens (primary N) is 1. The van der Waals surface area contributed by atoms with Crippen molar-refractivity contribution in [3.63, 3.8) is 0 Å². The highest BCUT2D eigenvalue weighted by molar-refractivity contribution is 9.10. The molecule has 0 aromatic carbocycles. The van der Waals surface area contributed by atoms with Crippen molar-refractivity contribution in [1.82, 2.24) is 5.43 Å². The normalized spacial score (nSPS) is 31.4. The molecule has 3 N–H and O–H groups in total. The number of nitrogens with one attached hydrogen (secondary N) is 1. The molecule has 3 nitrogen and oxygen atoms in total. The summed E-state index contributed by atoms with van der Waals surface area (Å²) >= 11 is 3.34. The van der Waals surface area contributed by atoms with Gasteiger partial charge in [-0.05, 0) is 65.1 Å². The van der Waals surface area contributed by atoms with Gasteiger partial charge in [0.15, 0.2) is 4.67 Å². The minimum atomic E-state index is 0.131. The Morgan fingerprint density at radius 1 is 1.29 bits per heavy atom. The van der Waals surface area contributed by atoms with E-state index in [2.05, 4.69) is 35.2 Å². The van der Waals surface area contributed by atoms with E-state index in [9.17, 15) is 0 Å². The van der Waals surface area contributed by atoms with E-state index < -0.39 is 0 Å². The molecule has 0 spiro atoms. The highest BCUT2D eigenvalue weighted by atomic mass is 79.9. The Hall–Kier alpha value is -0.320. The molecule has 0 radical (unpaired) electrons. The molecule has 3 atom stereocenters. The van der Waals surface area contributed by atoms with Crippen LogP contribution in [0.25, 0.3) is 0 Å². The molecule has 0 amide bonds. The Kier molecular flexibility index (Phi) is 4.28. The summed E-state index contributed by atoms with van der Waals surface area (Å²) in [6.45, 7) is 4.66. The van der Waals surface area contributed by atoms with Crippen LogP contribution >= 0.6 is 15.9 Å². The maximum absolute atomic E-state index is 5.71. The molecule has 2 rings (SSSR count). The summed E-state index contributed by atoms with van der Waals surface area (Å²) in [6.07, 6.45) is 3.77. The van der Waals surface area contributed by atoms with E-state index in [-0.39, 0.29) is 6.04 Å². The van der Waals surface area contributed by atoms with Crippen LogP contribution in [0.1, 0.15) is 44.9 Å². The van der Waals surface area contributed by atoms with Crippen LogP contribution in [-0.2, 0) is 0 Å². The maximum Gasteiger partial charge on any atom is 0.169 e. The Labute approximate surface area is 111 Å². The fourth-order valence-electron chi connectivity index (χ4n) is 3.23. The lowest BCUT2D eigenvalue weighted by Gasteiger charge is -2.35. The van der Waals surface area contributed by atoms with Gasteiger partial charge in [-0.2, -0.15) is 0 Å². The van der Waals surface area contributed by atoms with Crippen molar-refractivity contribution in [3.05, 3.63) is 22.6 Å². The lowest BCUT2D eigenvalue weighted by atomic mass is 9.73. The van der Waals surface area contributed by atoms with E-state index >= 15 is 0 Å². The molecule has 1 heterocycles. The number of rotatable bonds is 3. The molecule has 1 aliphatic rings. The van der Waals surface area contributed by atoms with Gasteiger partial charge < -0.3 is 4.42 Å². The molecule has 1 aromatic rings. The van der Waals surface area contributed by atoms with Crippen molar-refractivity contribution in [2.45, 2.75) is 39.2 Å². The summed E-state index contributed by atoms with van der Waals surface area (Å²) in [5.74, 6) is 8.76. The highest BCUT2D eigenvalue weighted by Crippen LogP contribution is 2.40. The first kappa shape index (κ1) is 13.1. The number of halogens is 1. The van der Waals surface area contributed by atoms with Crippen molar-refractivity contribution in [1.29, 1.82) is 0 Å². The number of hydrogen-bond acceptors (Lipinski definition) is 3. The Morgan fingerprint density at radius 2 is 1.94 bits per heavy atom. The van der Waals surface area contributed by atoms with Crippen LogP contribution in [0.15, 0.2) is 21.2 Å². The van der Waals surface area contributed by atoms with Crippen molar-refractivity contribution in [2.24, 2.45) is 23.6 Å². The summed E-state index contributed by atoms with van der Waals surface area (Å²) in [7, 11) is 0. The van der Waals surface area contributed by atoms with Crippen LogP contribution in [-0.4, -0.2) is 0 Å². The van der Waals surface area contributed by atoms with Crippen molar-refractivity contribution in [2.75, 3.05) is 0 Å². The largest absolute Gasteiger partial charge is 0.453 e. The molecule has 0 saturated heterocycles. The van der Waals surface area contributed by atoms with Crippen LogP contribution in [0, 0.1) is 17.8 Å². The van der Waals surface area contributed by atoms with Crippen LogP contribution in [0.2, 0.25) is 0 Å². The summed E-state index contributed by atoms with van der Waals surface area (Å²) in [5, 5.41) is 0. The van der Waals surface area contributed by atoms with Gasteiger partial charge in [0, 0.05) is 0 Å². The minimum absolute atomic E-state index is 0.131. The smallest absolute Gasteiger partial charge is 0.169 e. The third-order valence-corrected chi connectivity index (χ3v) is 4.19. The number of hydrogen-bond donors (Lipinski definition) is 2. The first-order chi connectivity index (χ1) is 8.10. The molecule has 0 aliphatic heterocycles. The molecule has 1 fully saturated rings. The fourth-order valence-corrected chi connectivity index (χ4v) is 3.55. The average Bonchev–Trinajstić information content (AvgIpc) is 2.64. The van der Waals surface area contributed by atoms with Crippen LogP contribution < -0.4 is 11.3 Å². The minimum Gasteiger partial charge on any atom is -0.453 e. The molecular formula is C13H21BrN2O. The molecule has 1 aromatic heterocycles. The second kappa shape index (κ2) is 5.55. The average molecular weight is 301 g/mol. The summed E-state index contributed by atoms with van der Waals surface area (Å²) in [6, 6.07) is 4.06. The van der Waals surface area contributed by atoms with E-state index in [1.54, 1.807) is 0 Å². The van der Waals surface area contributed by atoms with Gasteiger partial charge in [0.1, 0.15) is 5.76 Å². The van der Waals surface area contributed by atoms with E-state index in [0.717, 1.165) is 22.3 Å².